The average Bonchev–Trinajstić information content (AvgIpc) is 3.42. The fourth-order valence-corrected chi connectivity index (χ4v) is 4.02. The van der Waals surface area contributed by atoms with Gasteiger partial charge in [0.25, 0.3) is 0 Å². The molecule has 0 radical (unpaired) electrons. The van der Waals surface area contributed by atoms with Crippen LogP contribution in [0.4, 0.5) is 0 Å². The highest BCUT2D eigenvalue weighted by Crippen LogP contribution is 2.43. The van der Waals surface area contributed by atoms with Crippen LogP contribution >= 0.6 is 0 Å². The van der Waals surface area contributed by atoms with E-state index in [9.17, 15) is 15.3 Å². The zero-order valence-corrected chi connectivity index (χ0v) is 17.6. The highest BCUT2D eigenvalue weighted by atomic mass is 16.6. The Labute approximate surface area is 163 Å². The Balaban J connectivity index is 2.14. The quantitative estimate of drug-likeness (QED) is 0.321. The monoisotopic (exact) mass is 383 g/mol. The van der Waals surface area contributed by atoms with Crippen molar-refractivity contribution in [2.75, 3.05) is 14.2 Å². The largest absolute Gasteiger partial charge is 0.391 e. The van der Waals surface area contributed by atoms with E-state index >= 15 is 0 Å². The SMILES string of the molecule is CCC(O)N(C)C1=CC(C)C(O)C(C)=C(CCCC(OC)C(C)O)C2OC12. The summed E-state index contributed by atoms with van der Waals surface area (Å²) in [7, 11) is 3.50. The second kappa shape index (κ2) is 9.52. The van der Waals surface area contributed by atoms with Crippen LogP contribution in [0.25, 0.3) is 0 Å². The van der Waals surface area contributed by atoms with Gasteiger partial charge < -0.3 is 29.7 Å². The van der Waals surface area contributed by atoms with Crippen molar-refractivity contribution in [1.82, 2.24) is 4.90 Å². The van der Waals surface area contributed by atoms with E-state index in [1.54, 1.807) is 14.0 Å². The van der Waals surface area contributed by atoms with Gasteiger partial charge in [0.15, 0.2) is 0 Å². The van der Waals surface area contributed by atoms with Crippen LogP contribution in [0.3, 0.4) is 0 Å². The smallest absolute Gasteiger partial charge is 0.128 e. The Hall–Kier alpha value is -0.920. The molecule has 0 aromatic carbocycles. The first-order valence-corrected chi connectivity index (χ1v) is 10.1. The molecule has 27 heavy (non-hydrogen) atoms. The molecule has 6 nitrogen and oxygen atoms in total. The van der Waals surface area contributed by atoms with E-state index in [1.165, 1.54) is 0 Å². The molecule has 2 rings (SSSR count). The second-order valence-electron chi connectivity index (χ2n) is 7.99. The molecule has 1 heterocycles. The minimum Gasteiger partial charge on any atom is -0.391 e. The number of epoxide rings is 1. The summed E-state index contributed by atoms with van der Waals surface area (Å²) in [4.78, 5) is 1.86. The van der Waals surface area contributed by atoms with E-state index in [2.05, 4.69) is 0 Å². The van der Waals surface area contributed by atoms with Crippen molar-refractivity contribution in [1.29, 1.82) is 0 Å². The van der Waals surface area contributed by atoms with Crippen LogP contribution in [0.5, 0.6) is 0 Å². The Morgan fingerprint density at radius 1 is 1.30 bits per heavy atom. The molecule has 0 spiro atoms. The van der Waals surface area contributed by atoms with Gasteiger partial charge in [0, 0.05) is 25.8 Å². The number of aliphatic hydroxyl groups is 3. The van der Waals surface area contributed by atoms with Crippen LogP contribution in [0.2, 0.25) is 0 Å². The molecule has 6 heteroatoms. The fraction of sp³-hybridized carbons (Fsp3) is 0.810. The number of hydrogen-bond donors (Lipinski definition) is 3. The summed E-state index contributed by atoms with van der Waals surface area (Å²) in [6.07, 6.45) is 3.15. The summed E-state index contributed by atoms with van der Waals surface area (Å²) in [5.74, 6) is -0.0594. The van der Waals surface area contributed by atoms with Crippen molar-refractivity contribution in [3.8, 4) is 0 Å². The number of aliphatic hydroxyl groups excluding tert-OH is 3. The predicted molar refractivity (Wildman–Crippen MR) is 105 cm³/mol. The zero-order chi connectivity index (χ0) is 20.3. The van der Waals surface area contributed by atoms with E-state index in [-0.39, 0.29) is 24.2 Å². The number of hydrogen-bond acceptors (Lipinski definition) is 6. The molecule has 1 saturated heterocycles. The molecule has 2 aliphatic rings. The van der Waals surface area contributed by atoms with Crippen LogP contribution in [-0.2, 0) is 9.47 Å². The molecule has 7 unspecified atom stereocenters. The number of likely N-dealkylation sites (N-methyl/N-ethyl adjacent to an activating group) is 1. The molecular formula is C21H37NO5. The Bertz CT molecular complexity index is 559. The number of ether oxygens (including phenoxy) is 2. The van der Waals surface area contributed by atoms with E-state index in [1.807, 2.05) is 38.8 Å². The maximum atomic E-state index is 10.8. The molecule has 1 aliphatic carbocycles. The fourth-order valence-electron chi connectivity index (χ4n) is 4.02. The molecule has 0 aromatic heterocycles. The topological polar surface area (TPSA) is 85.7 Å². The molecule has 1 fully saturated rings. The third-order valence-corrected chi connectivity index (χ3v) is 6.00. The second-order valence-corrected chi connectivity index (χ2v) is 7.99. The Kier molecular flexibility index (Phi) is 7.89. The Morgan fingerprint density at radius 2 is 1.96 bits per heavy atom. The van der Waals surface area contributed by atoms with Gasteiger partial charge in [-0.3, -0.25) is 0 Å². The van der Waals surface area contributed by atoms with Gasteiger partial charge in [-0.2, -0.15) is 0 Å². The maximum absolute atomic E-state index is 10.8. The zero-order valence-electron chi connectivity index (χ0n) is 17.6. The lowest BCUT2D eigenvalue weighted by molar-refractivity contribution is -0.00763. The third kappa shape index (κ3) is 5.12. The molecule has 0 amide bonds. The van der Waals surface area contributed by atoms with E-state index < -0.39 is 18.4 Å². The summed E-state index contributed by atoms with van der Waals surface area (Å²) in [5, 5.41) is 30.8. The molecule has 0 bridgehead atoms. The van der Waals surface area contributed by atoms with E-state index in [4.69, 9.17) is 9.47 Å². The molecule has 0 saturated carbocycles. The third-order valence-electron chi connectivity index (χ3n) is 6.00. The lowest BCUT2D eigenvalue weighted by atomic mass is 9.86. The molecule has 3 N–H and O–H groups in total. The lowest BCUT2D eigenvalue weighted by Crippen LogP contribution is -2.35. The first-order valence-electron chi connectivity index (χ1n) is 10.1. The molecular weight excluding hydrogens is 346 g/mol. The number of rotatable bonds is 9. The predicted octanol–water partition coefficient (Wildman–Crippen LogP) is 2.19. The van der Waals surface area contributed by atoms with Gasteiger partial charge in [-0.15, -0.1) is 0 Å². The van der Waals surface area contributed by atoms with Crippen molar-refractivity contribution < 1.29 is 24.8 Å². The van der Waals surface area contributed by atoms with Gasteiger partial charge in [-0.25, -0.2) is 0 Å². The normalized spacial score (nSPS) is 31.4. The van der Waals surface area contributed by atoms with Crippen molar-refractivity contribution in [2.24, 2.45) is 5.92 Å². The van der Waals surface area contributed by atoms with Gasteiger partial charge >= 0.3 is 0 Å². The molecule has 1 aliphatic heterocycles. The first kappa shape index (κ1) is 22.4. The molecule has 7 atom stereocenters. The highest BCUT2D eigenvalue weighted by Gasteiger charge is 2.48. The summed E-state index contributed by atoms with van der Waals surface area (Å²) in [5.41, 5.74) is 3.07. The van der Waals surface area contributed by atoms with Gasteiger partial charge in [0.1, 0.15) is 18.4 Å². The van der Waals surface area contributed by atoms with Crippen molar-refractivity contribution >= 4 is 0 Å². The van der Waals surface area contributed by atoms with Crippen molar-refractivity contribution in [2.45, 2.75) is 90.1 Å². The van der Waals surface area contributed by atoms with Gasteiger partial charge in [0.2, 0.25) is 0 Å². The van der Waals surface area contributed by atoms with Gasteiger partial charge in [-0.05, 0) is 50.7 Å². The van der Waals surface area contributed by atoms with Crippen LogP contribution in [0.15, 0.2) is 22.9 Å². The molecule has 0 aromatic rings. The number of fused-ring (bicyclic) bond motifs is 1. The summed E-state index contributed by atoms with van der Waals surface area (Å²) in [6, 6.07) is 0. The van der Waals surface area contributed by atoms with E-state index in [0.717, 1.165) is 36.1 Å². The number of methoxy groups -OCH3 is 1. The lowest BCUT2D eigenvalue weighted by Gasteiger charge is -2.30. The van der Waals surface area contributed by atoms with E-state index in [0.29, 0.717) is 6.42 Å². The summed E-state index contributed by atoms with van der Waals surface area (Å²) >= 11 is 0. The minimum atomic E-state index is -0.567. The maximum Gasteiger partial charge on any atom is 0.128 e. The van der Waals surface area contributed by atoms with Crippen LogP contribution < -0.4 is 0 Å². The summed E-state index contributed by atoms with van der Waals surface area (Å²) < 4.78 is 11.4. The first-order chi connectivity index (χ1) is 12.7. The van der Waals surface area contributed by atoms with Gasteiger partial charge in [0.05, 0.1) is 18.3 Å². The standard InChI is InChI=1S/C21H37NO5/c1-7-18(24)22(5)16-11-12(2)19(25)13(3)15(20-21(16)27-20)9-8-10-17(26-6)14(4)23/h11-12,14,17-21,23-25H,7-10H2,1-6H3. The average molecular weight is 384 g/mol. The van der Waals surface area contributed by atoms with Gasteiger partial charge in [-0.1, -0.05) is 19.9 Å². The van der Waals surface area contributed by atoms with Crippen LogP contribution in [0, 0.1) is 5.92 Å². The van der Waals surface area contributed by atoms with Crippen molar-refractivity contribution in [3.05, 3.63) is 22.9 Å². The van der Waals surface area contributed by atoms with Crippen molar-refractivity contribution in [3.63, 3.8) is 0 Å². The van der Waals surface area contributed by atoms with Crippen LogP contribution in [-0.4, -0.2) is 71.1 Å². The minimum absolute atomic E-state index is 0.0440. The Morgan fingerprint density at radius 3 is 2.52 bits per heavy atom. The number of nitrogens with zero attached hydrogens (tertiary/aromatic N) is 1. The van der Waals surface area contributed by atoms with Crippen LogP contribution in [0.1, 0.15) is 53.4 Å². The molecule has 156 valence electrons. The highest BCUT2D eigenvalue weighted by molar-refractivity contribution is 5.35. The summed E-state index contributed by atoms with van der Waals surface area (Å²) in [6.45, 7) is 7.67.